The van der Waals surface area contributed by atoms with Crippen LogP contribution in [0, 0.1) is 0 Å². The molecule has 0 unspecified atom stereocenters. The molecule has 4 heteroatoms. The lowest BCUT2D eigenvalue weighted by Crippen LogP contribution is -2.51. The summed E-state index contributed by atoms with van der Waals surface area (Å²) in [6.45, 7) is 9.05. The molecular weight excluding hydrogens is 252 g/mol. The van der Waals surface area contributed by atoms with Gasteiger partial charge in [-0.15, -0.1) is 0 Å². The molecule has 0 spiro atoms. The highest BCUT2D eigenvalue weighted by atomic mass is 16.5. The Morgan fingerprint density at radius 1 is 0.650 bits per heavy atom. The van der Waals surface area contributed by atoms with Crippen LogP contribution in [0.4, 0.5) is 0 Å². The molecule has 0 radical (unpaired) electrons. The Morgan fingerprint density at radius 2 is 1.10 bits per heavy atom. The summed E-state index contributed by atoms with van der Waals surface area (Å²) < 4.78 is 11.7. The van der Waals surface area contributed by atoms with Crippen LogP contribution in [0.5, 0.6) is 0 Å². The summed E-state index contributed by atoms with van der Waals surface area (Å²) in [7, 11) is 0. The van der Waals surface area contributed by atoms with Crippen molar-refractivity contribution in [1.29, 1.82) is 0 Å². The minimum absolute atomic E-state index is 0.497. The van der Waals surface area contributed by atoms with Crippen LogP contribution >= 0.6 is 0 Å². The van der Waals surface area contributed by atoms with E-state index in [4.69, 9.17) is 9.47 Å². The fourth-order valence-electron chi connectivity index (χ4n) is 3.63. The van der Waals surface area contributed by atoms with Crippen molar-refractivity contribution in [2.24, 2.45) is 0 Å². The average molecular weight is 282 g/mol. The van der Waals surface area contributed by atoms with Gasteiger partial charge in [0.15, 0.2) is 0 Å². The highest BCUT2D eigenvalue weighted by Gasteiger charge is 2.24. The van der Waals surface area contributed by atoms with Crippen LogP contribution in [0.2, 0.25) is 0 Å². The molecule has 3 aliphatic rings. The van der Waals surface area contributed by atoms with Crippen LogP contribution in [-0.2, 0) is 9.47 Å². The predicted molar refractivity (Wildman–Crippen MR) is 80.1 cm³/mol. The minimum atomic E-state index is 0.497. The van der Waals surface area contributed by atoms with Crippen molar-refractivity contribution < 1.29 is 9.47 Å². The molecule has 4 nitrogen and oxygen atoms in total. The molecule has 0 aromatic heterocycles. The molecule has 0 aromatic rings. The fourth-order valence-corrected chi connectivity index (χ4v) is 3.63. The lowest BCUT2D eigenvalue weighted by Gasteiger charge is -2.38. The molecule has 0 amide bonds. The van der Waals surface area contributed by atoms with Crippen molar-refractivity contribution in [1.82, 2.24) is 9.80 Å². The van der Waals surface area contributed by atoms with Crippen molar-refractivity contribution in [3.63, 3.8) is 0 Å². The molecule has 0 saturated carbocycles. The summed E-state index contributed by atoms with van der Waals surface area (Å²) in [6, 6.07) is 0. The molecule has 0 aliphatic carbocycles. The molecule has 3 heterocycles. The van der Waals surface area contributed by atoms with Gasteiger partial charge in [0.25, 0.3) is 0 Å². The van der Waals surface area contributed by atoms with E-state index in [-0.39, 0.29) is 0 Å². The lowest BCUT2D eigenvalue weighted by molar-refractivity contribution is -0.0299. The van der Waals surface area contributed by atoms with Gasteiger partial charge < -0.3 is 9.47 Å². The first kappa shape index (κ1) is 14.8. The second-order valence-corrected chi connectivity index (χ2v) is 6.58. The summed E-state index contributed by atoms with van der Waals surface area (Å²) in [4.78, 5) is 5.18. The normalized spacial score (nSPS) is 34.2. The summed E-state index contributed by atoms with van der Waals surface area (Å²) in [5, 5.41) is 0. The zero-order chi connectivity index (χ0) is 13.6. The van der Waals surface area contributed by atoms with Gasteiger partial charge in [-0.2, -0.15) is 0 Å². The molecule has 3 saturated heterocycles. The van der Waals surface area contributed by atoms with E-state index in [1.807, 2.05) is 0 Å². The maximum Gasteiger partial charge on any atom is 0.0702 e. The molecule has 2 atom stereocenters. The Kier molecular flexibility index (Phi) is 5.71. The molecular formula is C16H30N2O2. The molecule has 3 rings (SSSR count). The Hall–Kier alpha value is -0.160. The van der Waals surface area contributed by atoms with E-state index in [1.165, 1.54) is 64.7 Å². The standard InChI is InChI=1S/C16H30N2O2/c1-3-11-19-15(5-1)13-17-7-9-18(10-8-17)14-16-6-2-4-12-20-16/h15-16H,1-14H2/t15-,16+. The third kappa shape index (κ3) is 4.42. The van der Waals surface area contributed by atoms with Gasteiger partial charge in [-0.1, -0.05) is 0 Å². The van der Waals surface area contributed by atoms with Gasteiger partial charge in [-0.25, -0.2) is 0 Å². The first-order chi connectivity index (χ1) is 9.90. The number of piperazine rings is 1. The van der Waals surface area contributed by atoms with Crippen LogP contribution < -0.4 is 0 Å². The quantitative estimate of drug-likeness (QED) is 0.784. The predicted octanol–water partition coefficient (Wildman–Crippen LogP) is 1.74. The highest BCUT2D eigenvalue weighted by molar-refractivity contribution is 4.78. The number of rotatable bonds is 4. The van der Waals surface area contributed by atoms with Crippen LogP contribution in [0.25, 0.3) is 0 Å². The monoisotopic (exact) mass is 282 g/mol. The number of hydrogen-bond acceptors (Lipinski definition) is 4. The number of nitrogens with zero attached hydrogens (tertiary/aromatic N) is 2. The van der Waals surface area contributed by atoms with Crippen LogP contribution in [0.15, 0.2) is 0 Å². The van der Waals surface area contributed by atoms with E-state index in [2.05, 4.69) is 9.80 Å². The topological polar surface area (TPSA) is 24.9 Å². The van der Waals surface area contributed by atoms with Gasteiger partial charge in [-0.3, -0.25) is 9.80 Å². The maximum absolute atomic E-state index is 5.85. The zero-order valence-electron chi connectivity index (χ0n) is 12.8. The maximum atomic E-state index is 5.85. The molecule has 3 fully saturated rings. The third-order valence-electron chi connectivity index (χ3n) is 4.94. The lowest BCUT2D eigenvalue weighted by atomic mass is 10.1. The van der Waals surface area contributed by atoms with Crippen molar-refractivity contribution in [3.8, 4) is 0 Å². The first-order valence-corrected chi connectivity index (χ1v) is 8.58. The Balaban J connectivity index is 1.33. The Morgan fingerprint density at radius 3 is 1.45 bits per heavy atom. The van der Waals surface area contributed by atoms with Crippen molar-refractivity contribution >= 4 is 0 Å². The van der Waals surface area contributed by atoms with E-state index >= 15 is 0 Å². The summed E-state index contributed by atoms with van der Waals surface area (Å²) in [5.74, 6) is 0. The van der Waals surface area contributed by atoms with Gasteiger partial charge >= 0.3 is 0 Å². The van der Waals surface area contributed by atoms with Gasteiger partial charge in [0, 0.05) is 52.5 Å². The van der Waals surface area contributed by atoms with Crippen molar-refractivity contribution in [2.45, 2.75) is 50.7 Å². The molecule has 0 N–H and O–H groups in total. The average Bonchev–Trinajstić information content (AvgIpc) is 2.51. The molecule has 3 aliphatic heterocycles. The number of ether oxygens (including phenoxy) is 2. The Labute approximate surface area is 123 Å². The van der Waals surface area contributed by atoms with E-state index in [9.17, 15) is 0 Å². The molecule has 0 bridgehead atoms. The first-order valence-electron chi connectivity index (χ1n) is 8.58. The minimum Gasteiger partial charge on any atom is -0.377 e. The second-order valence-electron chi connectivity index (χ2n) is 6.58. The molecule has 20 heavy (non-hydrogen) atoms. The summed E-state index contributed by atoms with van der Waals surface area (Å²) in [5.41, 5.74) is 0. The SMILES string of the molecule is C1CC[C@H](CN2CCN(C[C@@H]3CCCCO3)CC2)OC1. The van der Waals surface area contributed by atoms with E-state index in [0.29, 0.717) is 12.2 Å². The van der Waals surface area contributed by atoms with Crippen LogP contribution in [0.3, 0.4) is 0 Å². The van der Waals surface area contributed by atoms with Crippen LogP contribution in [0.1, 0.15) is 38.5 Å². The van der Waals surface area contributed by atoms with Crippen LogP contribution in [-0.4, -0.2) is 74.5 Å². The third-order valence-corrected chi connectivity index (χ3v) is 4.94. The molecule has 116 valence electrons. The largest absolute Gasteiger partial charge is 0.377 e. The van der Waals surface area contributed by atoms with Gasteiger partial charge in [-0.05, 0) is 38.5 Å². The highest BCUT2D eigenvalue weighted by Crippen LogP contribution is 2.17. The van der Waals surface area contributed by atoms with Crippen molar-refractivity contribution in [3.05, 3.63) is 0 Å². The fraction of sp³-hybridized carbons (Fsp3) is 1.00. The van der Waals surface area contributed by atoms with Gasteiger partial charge in [0.05, 0.1) is 12.2 Å². The summed E-state index contributed by atoms with van der Waals surface area (Å²) >= 11 is 0. The van der Waals surface area contributed by atoms with Gasteiger partial charge in [0.2, 0.25) is 0 Å². The zero-order valence-corrected chi connectivity index (χ0v) is 12.8. The van der Waals surface area contributed by atoms with E-state index in [1.54, 1.807) is 0 Å². The summed E-state index contributed by atoms with van der Waals surface area (Å²) in [6.07, 6.45) is 8.73. The Bertz CT molecular complexity index is 240. The second kappa shape index (κ2) is 7.74. The smallest absolute Gasteiger partial charge is 0.0702 e. The van der Waals surface area contributed by atoms with Gasteiger partial charge in [0.1, 0.15) is 0 Å². The molecule has 0 aromatic carbocycles. The van der Waals surface area contributed by atoms with E-state index < -0.39 is 0 Å². The number of hydrogen-bond donors (Lipinski definition) is 0. The van der Waals surface area contributed by atoms with E-state index in [0.717, 1.165) is 26.3 Å². The van der Waals surface area contributed by atoms with Crippen molar-refractivity contribution in [2.75, 3.05) is 52.5 Å².